The fourth-order valence-corrected chi connectivity index (χ4v) is 4.08. The number of alkyl halides is 3. The first-order valence-corrected chi connectivity index (χ1v) is 7.85. The fourth-order valence-electron chi connectivity index (χ4n) is 4.08. The van der Waals surface area contributed by atoms with Gasteiger partial charge in [-0.1, -0.05) is 24.6 Å². The van der Waals surface area contributed by atoms with Crippen LogP contribution in [-0.4, -0.2) is 5.91 Å². The van der Waals surface area contributed by atoms with Gasteiger partial charge in [0.15, 0.2) is 0 Å². The predicted octanol–water partition coefficient (Wildman–Crippen LogP) is 4.15. The van der Waals surface area contributed by atoms with Crippen molar-refractivity contribution in [3.8, 4) is 0 Å². The summed E-state index contributed by atoms with van der Waals surface area (Å²) in [6.45, 7) is -0.0602. The van der Waals surface area contributed by atoms with Crippen LogP contribution in [0.1, 0.15) is 43.2 Å². The van der Waals surface area contributed by atoms with Crippen LogP contribution < -0.4 is 5.32 Å². The zero-order valence-corrected chi connectivity index (χ0v) is 12.3. The van der Waals surface area contributed by atoms with Crippen LogP contribution >= 0.6 is 0 Å². The number of hydrogen-bond acceptors (Lipinski definition) is 1. The first-order valence-electron chi connectivity index (χ1n) is 7.85. The molecule has 22 heavy (non-hydrogen) atoms. The van der Waals surface area contributed by atoms with Crippen LogP contribution in [0.2, 0.25) is 0 Å². The summed E-state index contributed by atoms with van der Waals surface area (Å²) in [5, 5.41) is 2.66. The molecule has 0 unspecified atom stereocenters. The van der Waals surface area contributed by atoms with Gasteiger partial charge in [-0.2, -0.15) is 13.2 Å². The molecule has 1 aromatic rings. The van der Waals surface area contributed by atoms with Crippen molar-refractivity contribution >= 4 is 5.91 Å². The molecule has 2 aliphatic rings. The molecule has 0 aromatic heterocycles. The van der Waals surface area contributed by atoms with Crippen LogP contribution in [0.15, 0.2) is 24.3 Å². The van der Waals surface area contributed by atoms with E-state index in [2.05, 4.69) is 5.32 Å². The number of rotatable bonds is 4. The molecule has 1 N–H and O–H groups in total. The number of hydrogen-bond donors (Lipinski definition) is 1. The Kier molecular flexibility index (Phi) is 4.15. The molecule has 2 nitrogen and oxygen atoms in total. The monoisotopic (exact) mass is 311 g/mol. The fraction of sp³-hybridized carbons (Fsp3) is 0.588. The average Bonchev–Trinajstić information content (AvgIpc) is 3.07. The second kappa shape index (κ2) is 5.94. The molecule has 0 aliphatic heterocycles. The van der Waals surface area contributed by atoms with Crippen molar-refractivity contribution in [1.82, 2.24) is 5.32 Å². The molecule has 0 saturated heterocycles. The molecule has 2 bridgehead atoms. The average molecular weight is 311 g/mol. The Morgan fingerprint density at radius 1 is 1.18 bits per heavy atom. The maximum Gasteiger partial charge on any atom is 0.416 e. The number of benzene rings is 1. The Morgan fingerprint density at radius 2 is 1.95 bits per heavy atom. The van der Waals surface area contributed by atoms with Gasteiger partial charge in [0.05, 0.1) is 5.56 Å². The third-order valence-corrected chi connectivity index (χ3v) is 5.13. The van der Waals surface area contributed by atoms with Crippen molar-refractivity contribution in [1.29, 1.82) is 0 Å². The van der Waals surface area contributed by atoms with Crippen LogP contribution in [0.4, 0.5) is 13.2 Å². The lowest BCUT2D eigenvalue weighted by molar-refractivity contribution is -0.138. The van der Waals surface area contributed by atoms with E-state index < -0.39 is 11.7 Å². The van der Waals surface area contributed by atoms with Crippen molar-refractivity contribution < 1.29 is 18.0 Å². The zero-order chi connectivity index (χ0) is 15.7. The van der Waals surface area contributed by atoms with E-state index in [-0.39, 0.29) is 18.0 Å². The summed E-state index contributed by atoms with van der Waals surface area (Å²) in [7, 11) is 0. The minimum atomic E-state index is -4.38. The van der Waals surface area contributed by atoms with Crippen LogP contribution in [-0.2, 0) is 17.5 Å². The third-order valence-electron chi connectivity index (χ3n) is 5.13. The van der Waals surface area contributed by atoms with E-state index in [1.165, 1.54) is 31.4 Å². The molecule has 3 rings (SSSR count). The first kappa shape index (κ1) is 15.4. The third kappa shape index (κ3) is 3.28. The van der Waals surface area contributed by atoms with Crippen LogP contribution in [0.5, 0.6) is 0 Å². The number of halogens is 3. The highest BCUT2D eigenvalue weighted by molar-refractivity contribution is 5.76. The Labute approximate surface area is 128 Å². The normalized spacial score (nSPS) is 27.1. The van der Waals surface area contributed by atoms with Gasteiger partial charge in [-0.25, -0.2) is 0 Å². The molecule has 0 spiro atoms. The number of carbonyl (C=O) groups is 1. The van der Waals surface area contributed by atoms with E-state index in [0.29, 0.717) is 18.3 Å². The number of amides is 1. The highest BCUT2D eigenvalue weighted by atomic mass is 19.4. The van der Waals surface area contributed by atoms with Crippen molar-refractivity contribution in [3.05, 3.63) is 35.4 Å². The minimum Gasteiger partial charge on any atom is -0.352 e. The Balaban J connectivity index is 1.55. The molecule has 2 saturated carbocycles. The smallest absolute Gasteiger partial charge is 0.352 e. The van der Waals surface area contributed by atoms with E-state index >= 15 is 0 Å². The highest BCUT2D eigenvalue weighted by Crippen LogP contribution is 2.49. The Hall–Kier alpha value is -1.52. The number of carbonyl (C=O) groups excluding carboxylic acids is 1. The van der Waals surface area contributed by atoms with E-state index in [1.807, 2.05) is 0 Å². The predicted molar refractivity (Wildman–Crippen MR) is 76.8 cm³/mol. The van der Waals surface area contributed by atoms with Gasteiger partial charge >= 0.3 is 6.18 Å². The van der Waals surface area contributed by atoms with Crippen LogP contribution in [0.25, 0.3) is 0 Å². The Morgan fingerprint density at radius 3 is 2.59 bits per heavy atom. The maximum atomic E-state index is 12.9. The lowest BCUT2D eigenvalue weighted by atomic mass is 9.86. The van der Waals surface area contributed by atoms with Gasteiger partial charge < -0.3 is 5.32 Å². The largest absolute Gasteiger partial charge is 0.416 e. The van der Waals surface area contributed by atoms with Crippen molar-refractivity contribution in [3.63, 3.8) is 0 Å². The molecular weight excluding hydrogens is 291 g/mol. The highest BCUT2D eigenvalue weighted by Gasteiger charge is 2.40. The summed E-state index contributed by atoms with van der Waals surface area (Å²) in [6.07, 6.45) is 0.897. The standard InChI is InChI=1S/C17H20F3NO/c18-17(19,20)15-4-2-1-3-13(15)10-21-16(22)9-14-8-11-5-6-12(14)7-11/h1-4,11-12,14H,5-10H2,(H,21,22)/t11-,12-,14+/m0/s1. The zero-order valence-electron chi connectivity index (χ0n) is 12.3. The summed E-state index contributed by atoms with van der Waals surface area (Å²) >= 11 is 0. The van der Waals surface area contributed by atoms with Gasteiger partial charge in [-0.15, -0.1) is 0 Å². The van der Waals surface area contributed by atoms with E-state index in [4.69, 9.17) is 0 Å². The molecule has 2 aliphatic carbocycles. The minimum absolute atomic E-state index is 0.0602. The lowest BCUT2D eigenvalue weighted by Gasteiger charge is -2.21. The SMILES string of the molecule is O=C(C[C@H]1C[C@H]2CC[C@H]1C2)NCc1ccccc1C(F)(F)F. The Bertz CT molecular complexity index is 555. The molecular formula is C17H20F3NO. The van der Waals surface area contributed by atoms with Gasteiger partial charge in [0.25, 0.3) is 0 Å². The molecule has 5 heteroatoms. The molecule has 2 fully saturated rings. The van der Waals surface area contributed by atoms with Gasteiger partial charge in [0, 0.05) is 13.0 Å². The van der Waals surface area contributed by atoms with Crippen molar-refractivity contribution in [2.45, 2.75) is 44.8 Å². The van der Waals surface area contributed by atoms with E-state index in [1.54, 1.807) is 6.07 Å². The van der Waals surface area contributed by atoms with Crippen LogP contribution in [0, 0.1) is 17.8 Å². The summed E-state index contributed by atoms with van der Waals surface area (Å²) in [5.74, 6) is 1.72. The second-order valence-electron chi connectivity index (χ2n) is 6.57. The molecule has 1 aromatic carbocycles. The molecule has 0 radical (unpaired) electrons. The summed E-state index contributed by atoms with van der Waals surface area (Å²) in [5.41, 5.74) is -0.550. The van der Waals surface area contributed by atoms with E-state index in [0.717, 1.165) is 18.4 Å². The maximum absolute atomic E-state index is 12.9. The number of nitrogens with one attached hydrogen (secondary N) is 1. The summed E-state index contributed by atoms with van der Waals surface area (Å²) in [6, 6.07) is 5.40. The molecule has 120 valence electrons. The molecule has 3 atom stereocenters. The first-order chi connectivity index (χ1) is 10.4. The van der Waals surface area contributed by atoms with Crippen molar-refractivity contribution in [2.75, 3.05) is 0 Å². The second-order valence-corrected chi connectivity index (χ2v) is 6.57. The van der Waals surface area contributed by atoms with Crippen LogP contribution in [0.3, 0.4) is 0 Å². The van der Waals surface area contributed by atoms with Crippen molar-refractivity contribution in [2.24, 2.45) is 17.8 Å². The quantitative estimate of drug-likeness (QED) is 0.889. The lowest BCUT2D eigenvalue weighted by Crippen LogP contribution is -2.27. The molecule has 1 amide bonds. The van der Waals surface area contributed by atoms with Gasteiger partial charge in [0.2, 0.25) is 5.91 Å². The summed E-state index contributed by atoms with van der Waals surface area (Å²) in [4.78, 5) is 12.0. The topological polar surface area (TPSA) is 29.1 Å². The van der Waals surface area contributed by atoms with Gasteiger partial charge in [0.1, 0.15) is 0 Å². The number of fused-ring (bicyclic) bond motifs is 2. The molecule has 0 heterocycles. The van der Waals surface area contributed by atoms with Gasteiger partial charge in [-0.3, -0.25) is 4.79 Å². The van der Waals surface area contributed by atoms with E-state index in [9.17, 15) is 18.0 Å². The summed E-state index contributed by atoms with van der Waals surface area (Å²) < 4.78 is 38.7. The van der Waals surface area contributed by atoms with Gasteiger partial charge in [-0.05, 0) is 48.6 Å².